The Balaban J connectivity index is 2.69. The molecule has 0 saturated heterocycles. The number of quaternary nitrogens is 1. The van der Waals surface area contributed by atoms with Gasteiger partial charge in [-0.25, -0.2) is 0 Å². The Morgan fingerprint density at radius 2 is 1.90 bits per heavy atom. The molecule has 0 heterocycles. The average molecular weight is 158 g/mol. The van der Waals surface area contributed by atoms with Crippen molar-refractivity contribution in [1.82, 2.24) is 0 Å². The highest BCUT2D eigenvalue weighted by atomic mass is 35.5. The van der Waals surface area contributed by atoms with Crippen LogP contribution in [0.15, 0.2) is 24.3 Å². The highest BCUT2D eigenvalue weighted by molar-refractivity contribution is 6.30. The molecule has 0 spiro atoms. The number of rotatable bonds is 2. The van der Waals surface area contributed by atoms with Gasteiger partial charge in [0.15, 0.2) is 0 Å². The van der Waals surface area contributed by atoms with Gasteiger partial charge in [0.1, 0.15) is 6.54 Å². The Morgan fingerprint density at radius 1 is 1.30 bits per heavy atom. The Bertz CT molecular complexity index is 197. The van der Waals surface area contributed by atoms with E-state index in [2.05, 4.69) is 0 Å². The van der Waals surface area contributed by atoms with Crippen LogP contribution in [0.5, 0.6) is 0 Å². The Kier molecular flexibility index (Phi) is 2.68. The highest BCUT2D eigenvalue weighted by Crippen LogP contribution is 2.07. The number of hydroxylamine groups is 1. The quantitative estimate of drug-likeness (QED) is 0.637. The van der Waals surface area contributed by atoms with Crippen LogP contribution in [0.4, 0.5) is 0 Å². The van der Waals surface area contributed by atoms with Gasteiger partial charge < -0.3 is 10.7 Å². The number of hydrogen-bond donors (Lipinski definition) is 1. The lowest BCUT2D eigenvalue weighted by atomic mass is 10.2. The molecule has 1 aromatic rings. The van der Waals surface area contributed by atoms with E-state index in [1.54, 1.807) is 12.1 Å². The van der Waals surface area contributed by atoms with E-state index in [0.717, 1.165) is 11.0 Å². The molecule has 2 nitrogen and oxygen atoms in total. The van der Waals surface area contributed by atoms with Gasteiger partial charge in [-0.2, -0.15) is 0 Å². The predicted molar refractivity (Wildman–Crippen MR) is 40.4 cm³/mol. The van der Waals surface area contributed by atoms with Crippen LogP contribution in [-0.4, -0.2) is 0 Å². The van der Waals surface area contributed by atoms with Crippen LogP contribution >= 0.6 is 11.6 Å². The zero-order chi connectivity index (χ0) is 7.40. The molecular weight excluding hydrogens is 150 g/mol. The molecule has 0 aliphatic rings. The van der Waals surface area contributed by atoms with E-state index in [4.69, 9.17) is 11.6 Å². The zero-order valence-corrected chi connectivity index (χ0v) is 6.14. The van der Waals surface area contributed by atoms with Gasteiger partial charge in [0.05, 0.1) is 0 Å². The minimum Gasteiger partial charge on any atom is -0.636 e. The molecule has 0 aliphatic carbocycles. The molecule has 54 valence electrons. The summed E-state index contributed by atoms with van der Waals surface area (Å²) >= 11 is 5.62. The number of benzene rings is 1. The summed E-state index contributed by atoms with van der Waals surface area (Å²) in [6.07, 6.45) is 0. The number of halogens is 1. The molecule has 1 rings (SSSR count). The SMILES string of the molecule is [O-][NH2+]Cc1ccc(Cl)cc1. The van der Waals surface area contributed by atoms with E-state index in [-0.39, 0.29) is 0 Å². The normalized spacial score (nSPS) is 9.80. The summed E-state index contributed by atoms with van der Waals surface area (Å²) in [7, 11) is 0. The van der Waals surface area contributed by atoms with E-state index in [9.17, 15) is 5.21 Å². The first-order valence-corrected chi connectivity index (χ1v) is 3.39. The van der Waals surface area contributed by atoms with Crippen molar-refractivity contribution in [1.29, 1.82) is 0 Å². The first kappa shape index (κ1) is 7.54. The number of hydrogen-bond acceptors (Lipinski definition) is 1. The van der Waals surface area contributed by atoms with E-state index in [0.29, 0.717) is 11.6 Å². The third-order valence-electron chi connectivity index (χ3n) is 1.23. The van der Waals surface area contributed by atoms with Crippen molar-refractivity contribution in [3.8, 4) is 0 Å². The van der Waals surface area contributed by atoms with Gasteiger partial charge in [-0.05, 0) is 12.1 Å². The molecule has 0 saturated carbocycles. The molecule has 0 aromatic heterocycles. The fourth-order valence-electron chi connectivity index (χ4n) is 0.717. The largest absolute Gasteiger partial charge is 0.636 e. The van der Waals surface area contributed by atoms with Crippen LogP contribution in [0.3, 0.4) is 0 Å². The number of nitrogens with two attached hydrogens (primary N) is 1. The smallest absolute Gasteiger partial charge is 0.101 e. The molecule has 0 amide bonds. The van der Waals surface area contributed by atoms with E-state index in [1.165, 1.54) is 0 Å². The Hall–Kier alpha value is -0.570. The van der Waals surface area contributed by atoms with E-state index in [1.807, 2.05) is 12.1 Å². The molecule has 2 N–H and O–H groups in total. The Labute approximate surface area is 64.4 Å². The lowest BCUT2D eigenvalue weighted by Gasteiger charge is -2.00. The fraction of sp³-hybridized carbons (Fsp3) is 0.143. The molecule has 1 aromatic carbocycles. The van der Waals surface area contributed by atoms with Gasteiger partial charge >= 0.3 is 0 Å². The summed E-state index contributed by atoms with van der Waals surface area (Å²) in [5.74, 6) is 0. The fourth-order valence-corrected chi connectivity index (χ4v) is 0.843. The molecule has 3 heteroatoms. The van der Waals surface area contributed by atoms with Gasteiger partial charge in [0.2, 0.25) is 0 Å². The molecule has 0 radical (unpaired) electrons. The van der Waals surface area contributed by atoms with Crippen LogP contribution in [0, 0.1) is 5.21 Å². The van der Waals surface area contributed by atoms with E-state index < -0.39 is 0 Å². The van der Waals surface area contributed by atoms with Crippen LogP contribution < -0.4 is 5.48 Å². The van der Waals surface area contributed by atoms with Crippen molar-refractivity contribution in [3.63, 3.8) is 0 Å². The molecule has 0 unspecified atom stereocenters. The summed E-state index contributed by atoms with van der Waals surface area (Å²) in [6, 6.07) is 7.24. The minimum absolute atomic E-state index is 0.469. The second kappa shape index (κ2) is 3.56. The van der Waals surface area contributed by atoms with Crippen molar-refractivity contribution in [2.75, 3.05) is 0 Å². The van der Waals surface area contributed by atoms with Crippen molar-refractivity contribution >= 4 is 11.6 Å². The molecule has 0 atom stereocenters. The molecule has 0 fully saturated rings. The average Bonchev–Trinajstić information content (AvgIpc) is 1.95. The van der Waals surface area contributed by atoms with Gasteiger partial charge in [-0.15, -0.1) is 0 Å². The standard InChI is InChI=1S/C7H8ClNO/c8-7-3-1-6(2-4-7)5-9-10/h1-4H,5,9H2. The van der Waals surface area contributed by atoms with Crippen molar-refractivity contribution < 1.29 is 5.48 Å². The maximum Gasteiger partial charge on any atom is 0.101 e. The van der Waals surface area contributed by atoms with Crippen LogP contribution in [0.2, 0.25) is 5.02 Å². The predicted octanol–water partition coefficient (Wildman–Crippen LogP) is 0.901. The van der Waals surface area contributed by atoms with Crippen molar-refractivity contribution in [3.05, 3.63) is 40.1 Å². The van der Waals surface area contributed by atoms with Crippen LogP contribution in [-0.2, 0) is 6.54 Å². The van der Waals surface area contributed by atoms with Crippen LogP contribution in [0.25, 0.3) is 0 Å². The first-order chi connectivity index (χ1) is 4.83. The second-order valence-corrected chi connectivity index (χ2v) is 2.43. The highest BCUT2D eigenvalue weighted by Gasteiger charge is 1.89. The third kappa shape index (κ3) is 1.99. The lowest BCUT2D eigenvalue weighted by molar-refractivity contribution is -0.605. The molecular formula is C7H8ClNO. The van der Waals surface area contributed by atoms with Gasteiger partial charge in [-0.1, -0.05) is 23.7 Å². The third-order valence-corrected chi connectivity index (χ3v) is 1.48. The van der Waals surface area contributed by atoms with Crippen molar-refractivity contribution in [2.24, 2.45) is 0 Å². The second-order valence-electron chi connectivity index (χ2n) is 2.00. The first-order valence-electron chi connectivity index (χ1n) is 3.01. The molecule has 0 bridgehead atoms. The lowest BCUT2D eigenvalue weighted by Crippen LogP contribution is -2.75. The van der Waals surface area contributed by atoms with Crippen LogP contribution in [0.1, 0.15) is 5.56 Å². The maximum atomic E-state index is 10.0. The summed E-state index contributed by atoms with van der Waals surface area (Å²) in [5.41, 5.74) is 1.88. The maximum absolute atomic E-state index is 10.0. The zero-order valence-electron chi connectivity index (χ0n) is 5.38. The summed E-state index contributed by atoms with van der Waals surface area (Å²) in [4.78, 5) is 0. The molecule has 10 heavy (non-hydrogen) atoms. The van der Waals surface area contributed by atoms with Gasteiger partial charge in [0, 0.05) is 10.6 Å². The summed E-state index contributed by atoms with van der Waals surface area (Å²) in [6.45, 7) is 0.469. The minimum atomic E-state index is 0.469. The van der Waals surface area contributed by atoms with E-state index >= 15 is 0 Å². The van der Waals surface area contributed by atoms with Gasteiger partial charge in [-0.3, -0.25) is 0 Å². The Morgan fingerprint density at radius 3 is 2.40 bits per heavy atom. The summed E-state index contributed by atoms with van der Waals surface area (Å²) in [5, 5.41) is 10.7. The topological polar surface area (TPSA) is 39.7 Å². The monoisotopic (exact) mass is 157 g/mol. The van der Waals surface area contributed by atoms with Crippen molar-refractivity contribution in [2.45, 2.75) is 6.54 Å². The molecule has 0 aliphatic heterocycles. The van der Waals surface area contributed by atoms with Gasteiger partial charge in [0.25, 0.3) is 0 Å². The summed E-state index contributed by atoms with van der Waals surface area (Å²) < 4.78 is 0.